The third kappa shape index (κ3) is 5.98. The SMILES string of the molecule is CCOCCCNC(=O)C(C#N)=Cc1c(Oc2ccc(Cl)c(C)c2)nc2ccccn2c1=O. The van der Waals surface area contributed by atoms with Crippen LogP contribution < -0.4 is 15.6 Å². The lowest BCUT2D eigenvalue weighted by Crippen LogP contribution is -2.27. The topological polar surface area (TPSA) is 106 Å². The standard InChI is InChI=1S/C24H23ClN4O4/c1-3-32-12-6-10-27-22(30)17(15-26)14-19-23(33-18-8-9-20(25)16(2)13-18)28-21-7-4-5-11-29(21)24(19)31/h4-5,7-9,11,13-14H,3,6,10,12H2,1-2H3,(H,27,30). The fraction of sp³-hybridized carbons (Fsp3) is 0.250. The van der Waals surface area contributed by atoms with Crippen molar-refractivity contribution in [3.05, 3.63) is 74.7 Å². The van der Waals surface area contributed by atoms with E-state index in [9.17, 15) is 14.9 Å². The molecule has 2 aromatic heterocycles. The van der Waals surface area contributed by atoms with Gasteiger partial charge in [-0.25, -0.2) is 0 Å². The number of carbonyl (C=O) groups excluding carboxylic acids is 1. The van der Waals surface area contributed by atoms with E-state index in [4.69, 9.17) is 21.1 Å². The minimum atomic E-state index is -0.597. The molecule has 1 N–H and O–H groups in total. The third-order valence-electron chi connectivity index (χ3n) is 4.69. The second-order valence-electron chi connectivity index (χ2n) is 7.05. The molecule has 0 saturated carbocycles. The van der Waals surface area contributed by atoms with Gasteiger partial charge in [-0.2, -0.15) is 10.2 Å². The molecule has 0 aliphatic heterocycles. The molecule has 2 heterocycles. The van der Waals surface area contributed by atoms with Crippen LogP contribution in [-0.2, 0) is 9.53 Å². The predicted molar refractivity (Wildman–Crippen MR) is 125 cm³/mol. The van der Waals surface area contributed by atoms with E-state index in [0.717, 1.165) is 5.56 Å². The Morgan fingerprint density at radius 3 is 2.88 bits per heavy atom. The highest BCUT2D eigenvalue weighted by molar-refractivity contribution is 6.31. The Labute approximate surface area is 196 Å². The predicted octanol–water partition coefficient (Wildman–Crippen LogP) is 3.90. The molecule has 1 aromatic carbocycles. The number of benzene rings is 1. The summed E-state index contributed by atoms with van der Waals surface area (Å²) in [5.41, 5.74) is 0.413. The number of aryl methyl sites for hydroxylation is 1. The quantitative estimate of drug-likeness (QED) is 0.291. The summed E-state index contributed by atoms with van der Waals surface area (Å²) < 4.78 is 12.5. The van der Waals surface area contributed by atoms with E-state index in [1.807, 2.05) is 19.9 Å². The molecule has 0 radical (unpaired) electrons. The maximum atomic E-state index is 13.2. The van der Waals surface area contributed by atoms with Gasteiger partial charge in [0.25, 0.3) is 11.5 Å². The van der Waals surface area contributed by atoms with Gasteiger partial charge in [0.15, 0.2) is 0 Å². The molecule has 1 amide bonds. The minimum absolute atomic E-state index is 0.0210. The Morgan fingerprint density at radius 2 is 2.15 bits per heavy atom. The summed E-state index contributed by atoms with van der Waals surface area (Å²) in [6.45, 7) is 5.13. The highest BCUT2D eigenvalue weighted by atomic mass is 35.5. The van der Waals surface area contributed by atoms with Gasteiger partial charge < -0.3 is 14.8 Å². The van der Waals surface area contributed by atoms with E-state index in [1.54, 1.807) is 42.6 Å². The molecule has 0 spiro atoms. The lowest BCUT2D eigenvalue weighted by molar-refractivity contribution is -0.117. The Kier molecular flexibility index (Phi) is 8.19. The van der Waals surface area contributed by atoms with Crippen molar-refractivity contribution in [1.82, 2.24) is 14.7 Å². The molecule has 0 unspecified atom stereocenters. The summed E-state index contributed by atoms with van der Waals surface area (Å²) in [5, 5.41) is 12.8. The van der Waals surface area contributed by atoms with Gasteiger partial charge in [-0.05, 0) is 62.2 Å². The van der Waals surface area contributed by atoms with Gasteiger partial charge >= 0.3 is 0 Å². The highest BCUT2D eigenvalue weighted by Gasteiger charge is 2.17. The van der Waals surface area contributed by atoms with E-state index >= 15 is 0 Å². The number of hydrogen-bond acceptors (Lipinski definition) is 6. The van der Waals surface area contributed by atoms with Gasteiger partial charge in [-0.15, -0.1) is 0 Å². The van der Waals surface area contributed by atoms with Crippen LogP contribution in [0.2, 0.25) is 5.02 Å². The third-order valence-corrected chi connectivity index (χ3v) is 5.11. The van der Waals surface area contributed by atoms with Crippen molar-refractivity contribution in [2.24, 2.45) is 0 Å². The largest absolute Gasteiger partial charge is 0.438 e. The Balaban J connectivity index is 2.00. The summed E-state index contributed by atoms with van der Waals surface area (Å²) in [4.78, 5) is 30.1. The average Bonchev–Trinajstić information content (AvgIpc) is 2.81. The summed E-state index contributed by atoms with van der Waals surface area (Å²) in [6, 6.07) is 12.0. The van der Waals surface area contributed by atoms with Crippen molar-refractivity contribution in [3.8, 4) is 17.7 Å². The molecule has 3 aromatic rings. The van der Waals surface area contributed by atoms with Crippen molar-refractivity contribution in [3.63, 3.8) is 0 Å². The first-order valence-electron chi connectivity index (χ1n) is 10.4. The van der Waals surface area contributed by atoms with Crippen molar-refractivity contribution in [1.29, 1.82) is 5.26 Å². The fourth-order valence-electron chi connectivity index (χ4n) is 2.98. The summed E-state index contributed by atoms with van der Waals surface area (Å²) in [6.07, 6.45) is 3.35. The molecular formula is C24H23ClN4O4. The molecule has 0 aliphatic carbocycles. The van der Waals surface area contributed by atoms with E-state index in [-0.39, 0.29) is 17.0 Å². The zero-order chi connectivity index (χ0) is 23.8. The zero-order valence-electron chi connectivity index (χ0n) is 18.3. The van der Waals surface area contributed by atoms with Gasteiger partial charge in [0.05, 0.1) is 0 Å². The normalized spacial score (nSPS) is 11.3. The maximum Gasteiger partial charge on any atom is 0.269 e. The summed E-state index contributed by atoms with van der Waals surface area (Å²) in [5.74, 6) is -0.206. The van der Waals surface area contributed by atoms with Crippen molar-refractivity contribution in [2.45, 2.75) is 20.3 Å². The van der Waals surface area contributed by atoms with Crippen LogP contribution in [0.4, 0.5) is 0 Å². The van der Waals surface area contributed by atoms with Crippen LogP contribution in [0.1, 0.15) is 24.5 Å². The molecule has 170 valence electrons. The maximum absolute atomic E-state index is 13.2. The molecule has 0 atom stereocenters. The van der Waals surface area contributed by atoms with Gasteiger partial charge in [0.1, 0.15) is 28.6 Å². The van der Waals surface area contributed by atoms with Crippen LogP contribution in [0.15, 0.2) is 53.0 Å². The van der Waals surface area contributed by atoms with Gasteiger partial charge in [0.2, 0.25) is 5.88 Å². The zero-order valence-corrected chi connectivity index (χ0v) is 19.1. The second kappa shape index (κ2) is 11.3. The van der Waals surface area contributed by atoms with Crippen LogP contribution >= 0.6 is 11.6 Å². The van der Waals surface area contributed by atoms with Crippen molar-refractivity contribution in [2.75, 3.05) is 19.8 Å². The number of nitriles is 1. The monoisotopic (exact) mass is 466 g/mol. The molecule has 0 fully saturated rings. The Bertz CT molecular complexity index is 1290. The van der Waals surface area contributed by atoms with Gasteiger partial charge in [0, 0.05) is 31.0 Å². The van der Waals surface area contributed by atoms with Crippen molar-refractivity contribution >= 4 is 29.2 Å². The molecule has 33 heavy (non-hydrogen) atoms. The molecule has 0 bridgehead atoms. The number of nitrogens with one attached hydrogen (secondary N) is 1. The highest BCUT2D eigenvalue weighted by Crippen LogP contribution is 2.27. The lowest BCUT2D eigenvalue weighted by atomic mass is 10.1. The van der Waals surface area contributed by atoms with Crippen LogP contribution in [0.3, 0.4) is 0 Å². The minimum Gasteiger partial charge on any atom is -0.438 e. The van der Waals surface area contributed by atoms with Gasteiger partial charge in [-0.3, -0.25) is 14.0 Å². The summed E-state index contributed by atoms with van der Waals surface area (Å²) in [7, 11) is 0. The van der Waals surface area contributed by atoms with E-state index in [0.29, 0.717) is 42.6 Å². The summed E-state index contributed by atoms with van der Waals surface area (Å²) >= 11 is 6.09. The van der Waals surface area contributed by atoms with Crippen LogP contribution in [0.25, 0.3) is 11.7 Å². The van der Waals surface area contributed by atoms with Crippen LogP contribution in [-0.4, -0.2) is 35.1 Å². The van der Waals surface area contributed by atoms with Crippen molar-refractivity contribution < 1.29 is 14.3 Å². The molecule has 9 heteroatoms. The number of pyridine rings is 1. The van der Waals surface area contributed by atoms with E-state index in [2.05, 4.69) is 10.3 Å². The smallest absolute Gasteiger partial charge is 0.269 e. The first kappa shape index (κ1) is 24.0. The Morgan fingerprint density at radius 1 is 1.33 bits per heavy atom. The number of amides is 1. The number of nitrogens with zero attached hydrogens (tertiary/aromatic N) is 3. The second-order valence-corrected chi connectivity index (χ2v) is 7.46. The first-order valence-corrected chi connectivity index (χ1v) is 10.8. The van der Waals surface area contributed by atoms with Crippen LogP contribution in [0, 0.1) is 18.3 Å². The number of carbonyl (C=O) groups is 1. The number of halogens is 1. The Hall–Kier alpha value is -3.67. The van der Waals surface area contributed by atoms with E-state index in [1.165, 1.54) is 10.5 Å². The van der Waals surface area contributed by atoms with E-state index < -0.39 is 11.5 Å². The average molecular weight is 467 g/mol. The fourth-order valence-corrected chi connectivity index (χ4v) is 3.10. The number of aromatic nitrogens is 2. The number of hydrogen-bond donors (Lipinski definition) is 1. The lowest BCUT2D eigenvalue weighted by Gasteiger charge is -2.11. The molecule has 8 nitrogen and oxygen atoms in total. The number of ether oxygens (including phenoxy) is 2. The molecule has 0 aliphatic rings. The van der Waals surface area contributed by atoms with Gasteiger partial charge in [-0.1, -0.05) is 17.7 Å². The van der Waals surface area contributed by atoms with Crippen LogP contribution in [0.5, 0.6) is 11.6 Å². The molecule has 0 saturated heterocycles. The number of rotatable bonds is 9. The molecule has 3 rings (SSSR count). The number of fused-ring (bicyclic) bond motifs is 1. The first-order chi connectivity index (χ1) is 15.9. The molecular weight excluding hydrogens is 444 g/mol.